The van der Waals surface area contributed by atoms with Crippen molar-refractivity contribution in [2.75, 3.05) is 0 Å². The molecule has 0 unspecified atom stereocenters. The Hall–Kier alpha value is -1.22. The van der Waals surface area contributed by atoms with Crippen molar-refractivity contribution < 1.29 is 0 Å². The zero-order chi connectivity index (χ0) is 9.52. The van der Waals surface area contributed by atoms with Gasteiger partial charge in [0, 0.05) is 6.42 Å². The third-order valence-corrected chi connectivity index (χ3v) is 2.18. The van der Waals surface area contributed by atoms with Crippen molar-refractivity contribution in [3.8, 4) is 12.3 Å². The number of rotatable bonds is 4. The van der Waals surface area contributed by atoms with E-state index in [-0.39, 0.29) is 0 Å². The van der Waals surface area contributed by atoms with Gasteiger partial charge in [-0.1, -0.05) is 37.6 Å². The topological polar surface area (TPSA) is 0 Å². The molecule has 68 valence electrons. The minimum atomic E-state index is 0.848. The summed E-state index contributed by atoms with van der Waals surface area (Å²) in [5, 5.41) is 0. The Labute approximate surface area is 81.0 Å². The summed E-state index contributed by atoms with van der Waals surface area (Å²) in [5.74, 6) is 2.69. The highest BCUT2D eigenvalue weighted by atomic mass is 14.0. The molecule has 0 nitrogen and oxygen atoms in total. The van der Waals surface area contributed by atoms with E-state index in [1.807, 2.05) is 0 Å². The molecule has 0 saturated heterocycles. The molecule has 1 rings (SSSR count). The van der Waals surface area contributed by atoms with Gasteiger partial charge in [0.05, 0.1) is 0 Å². The Bertz CT molecular complexity index is 291. The standard InChI is InChI=1S/C13H16/c1-3-5-9-13-11-7-6-10-12(13)8-4-2/h1,6-7,10-11H,4-5,8-9H2,2H3. The second kappa shape index (κ2) is 5.43. The summed E-state index contributed by atoms with van der Waals surface area (Å²) >= 11 is 0. The highest BCUT2D eigenvalue weighted by Crippen LogP contribution is 2.12. The molecule has 0 aliphatic carbocycles. The molecular weight excluding hydrogens is 156 g/mol. The summed E-state index contributed by atoms with van der Waals surface area (Å²) in [4.78, 5) is 0. The Kier molecular flexibility index (Phi) is 4.12. The second-order valence-corrected chi connectivity index (χ2v) is 3.22. The molecule has 0 heteroatoms. The van der Waals surface area contributed by atoms with Crippen LogP contribution in [0.5, 0.6) is 0 Å². The van der Waals surface area contributed by atoms with Crippen molar-refractivity contribution in [3.63, 3.8) is 0 Å². The quantitative estimate of drug-likeness (QED) is 0.612. The van der Waals surface area contributed by atoms with E-state index in [2.05, 4.69) is 37.1 Å². The lowest BCUT2D eigenvalue weighted by Crippen LogP contribution is -1.92. The first-order valence-electron chi connectivity index (χ1n) is 4.88. The predicted molar refractivity (Wildman–Crippen MR) is 57.6 cm³/mol. The maximum Gasteiger partial charge on any atom is 0.0127 e. The molecule has 0 spiro atoms. The van der Waals surface area contributed by atoms with E-state index in [1.165, 1.54) is 24.0 Å². The monoisotopic (exact) mass is 172 g/mol. The number of terminal acetylenes is 1. The fraction of sp³-hybridized carbons (Fsp3) is 0.385. The highest BCUT2D eigenvalue weighted by molar-refractivity contribution is 5.27. The lowest BCUT2D eigenvalue weighted by molar-refractivity contribution is 0.888. The number of hydrogen-bond acceptors (Lipinski definition) is 0. The molecule has 0 aliphatic heterocycles. The van der Waals surface area contributed by atoms with Crippen LogP contribution in [0.2, 0.25) is 0 Å². The summed E-state index contributed by atoms with van der Waals surface area (Å²) in [6, 6.07) is 8.58. The van der Waals surface area contributed by atoms with Gasteiger partial charge in [-0.05, 0) is 24.0 Å². The summed E-state index contributed by atoms with van der Waals surface area (Å²) in [6.07, 6.45) is 9.49. The Morgan fingerprint density at radius 3 is 2.31 bits per heavy atom. The van der Waals surface area contributed by atoms with Gasteiger partial charge < -0.3 is 0 Å². The molecule has 1 aromatic carbocycles. The highest BCUT2D eigenvalue weighted by Gasteiger charge is 1.98. The third kappa shape index (κ3) is 2.95. The van der Waals surface area contributed by atoms with Gasteiger partial charge >= 0.3 is 0 Å². The van der Waals surface area contributed by atoms with E-state index in [4.69, 9.17) is 6.42 Å². The van der Waals surface area contributed by atoms with Crippen LogP contribution >= 0.6 is 0 Å². The van der Waals surface area contributed by atoms with Crippen LogP contribution in [0.25, 0.3) is 0 Å². The van der Waals surface area contributed by atoms with Gasteiger partial charge in [-0.2, -0.15) is 0 Å². The fourth-order valence-corrected chi connectivity index (χ4v) is 1.52. The number of benzene rings is 1. The first-order chi connectivity index (χ1) is 6.38. The molecule has 0 heterocycles. The van der Waals surface area contributed by atoms with E-state index in [9.17, 15) is 0 Å². The average Bonchev–Trinajstić information content (AvgIpc) is 2.17. The molecule has 0 N–H and O–H groups in total. The smallest absolute Gasteiger partial charge is 0.0127 e. The van der Waals surface area contributed by atoms with E-state index in [0.29, 0.717) is 0 Å². The number of aryl methyl sites for hydroxylation is 2. The predicted octanol–water partition coefficient (Wildman–Crippen LogP) is 3.20. The van der Waals surface area contributed by atoms with Crippen molar-refractivity contribution in [2.45, 2.75) is 32.6 Å². The van der Waals surface area contributed by atoms with Crippen LogP contribution in [0.3, 0.4) is 0 Å². The van der Waals surface area contributed by atoms with Gasteiger partial charge in [0.15, 0.2) is 0 Å². The van der Waals surface area contributed by atoms with Gasteiger partial charge in [0.25, 0.3) is 0 Å². The minimum Gasteiger partial charge on any atom is -0.120 e. The zero-order valence-corrected chi connectivity index (χ0v) is 8.22. The van der Waals surface area contributed by atoms with E-state index >= 15 is 0 Å². The first kappa shape index (κ1) is 9.86. The van der Waals surface area contributed by atoms with Crippen LogP contribution in [0.1, 0.15) is 30.9 Å². The van der Waals surface area contributed by atoms with Gasteiger partial charge in [0.2, 0.25) is 0 Å². The molecule has 0 amide bonds. The van der Waals surface area contributed by atoms with Gasteiger partial charge in [0.1, 0.15) is 0 Å². The summed E-state index contributed by atoms with van der Waals surface area (Å²) in [6.45, 7) is 2.21. The van der Waals surface area contributed by atoms with Crippen LogP contribution in [-0.2, 0) is 12.8 Å². The van der Waals surface area contributed by atoms with Crippen molar-refractivity contribution in [3.05, 3.63) is 35.4 Å². The van der Waals surface area contributed by atoms with Gasteiger partial charge in [-0.3, -0.25) is 0 Å². The van der Waals surface area contributed by atoms with Gasteiger partial charge in [-0.25, -0.2) is 0 Å². The number of hydrogen-bond donors (Lipinski definition) is 0. The normalized spacial score (nSPS) is 9.54. The molecule has 13 heavy (non-hydrogen) atoms. The van der Waals surface area contributed by atoms with Crippen LogP contribution in [0, 0.1) is 12.3 Å². The van der Waals surface area contributed by atoms with Crippen LogP contribution in [-0.4, -0.2) is 0 Å². The van der Waals surface area contributed by atoms with Crippen molar-refractivity contribution in [2.24, 2.45) is 0 Å². The fourth-order valence-electron chi connectivity index (χ4n) is 1.52. The largest absolute Gasteiger partial charge is 0.120 e. The molecule has 1 aromatic rings. The van der Waals surface area contributed by atoms with Crippen LogP contribution in [0.15, 0.2) is 24.3 Å². The van der Waals surface area contributed by atoms with Gasteiger partial charge in [-0.15, -0.1) is 12.3 Å². The second-order valence-electron chi connectivity index (χ2n) is 3.22. The molecule has 0 aromatic heterocycles. The molecule has 0 radical (unpaired) electrons. The molecule has 0 saturated carbocycles. The molecule has 0 aliphatic rings. The van der Waals surface area contributed by atoms with Crippen molar-refractivity contribution in [1.29, 1.82) is 0 Å². The first-order valence-corrected chi connectivity index (χ1v) is 4.88. The van der Waals surface area contributed by atoms with E-state index < -0.39 is 0 Å². The molecular formula is C13H16. The van der Waals surface area contributed by atoms with E-state index in [1.54, 1.807) is 0 Å². The van der Waals surface area contributed by atoms with Crippen molar-refractivity contribution >= 4 is 0 Å². The van der Waals surface area contributed by atoms with Crippen LogP contribution in [0.4, 0.5) is 0 Å². The SMILES string of the molecule is C#CCCc1ccccc1CCC. The third-order valence-electron chi connectivity index (χ3n) is 2.18. The molecule has 0 bridgehead atoms. The zero-order valence-electron chi connectivity index (χ0n) is 8.22. The lowest BCUT2D eigenvalue weighted by atomic mass is 10.00. The maximum absolute atomic E-state index is 5.25. The summed E-state index contributed by atoms with van der Waals surface area (Å²) in [5.41, 5.74) is 2.88. The summed E-state index contributed by atoms with van der Waals surface area (Å²) < 4.78 is 0. The van der Waals surface area contributed by atoms with Crippen LogP contribution < -0.4 is 0 Å². The Morgan fingerprint density at radius 1 is 1.15 bits per heavy atom. The average molecular weight is 172 g/mol. The summed E-state index contributed by atoms with van der Waals surface area (Å²) in [7, 11) is 0. The van der Waals surface area contributed by atoms with Crippen molar-refractivity contribution in [1.82, 2.24) is 0 Å². The molecule has 0 atom stereocenters. The Morgan fingerprint density at radius 2 is 1.77 bits per heavy atom. The molecule has 0 fully saturated rings. The maximum atomic E-state index is 5.25. The Balaban J connectivity index is 2.73. The minimum absolute atomic E-state index is 0.848. The van der Waals surface area contributed by atoms with E-state index in [0.717, 1.165) is 12.8 Å². The lowest BCUT2D eigenvalue weighted by Gasteiger charge is -2.06.